The molecule has 0 spiro atoms. The predicted octanol–water partition coefficient (Wildman–Crippen LogP) is 4.75. The Morgan fingerprint density at radius 3 is 2.50 bits per heavy atom. The van der Waals surface area contributed by atoms with Gasteiger partial charge < -0.3 is 15.5 Å². The van der Waals surface area contributed by atoms with Gasteiger partial charge in [0.05, 0.1) is 11.7 Å². The Labute approximate surface area is 174 Å². The monoisotopic (exact) mass is 435 g/mol. The van der Waals surface area contributed by atoms with Gasteiger partial charge in [-0.15, -0.1) is 12.4 Å². The van der Waals surface area contributed by atoms with Gasteiger partial charge in [0.15, 0.2) is 5.82 Å². The molecular weight excluding hydrogens is 416 g/mol. The zero-order valence-electron chi connectivity index (χ0n) is 14.5. The van der Waals surface area contributed by atoms with Crippen LogP contribution < -0.4 is 15.5 Å². The van der Waals surface area contributed by atoms with Gasteiger partial charge in [0, 0.05) is 36.2 Å². The number of hydrogen-bond donors (Lipinski definition) is 2. The van der Waals surface area contributed by atoms with E-state index >= 15 is 0 Å². The molecule has 0 bridgehead atoms. The van der Waals surface area contributed by atoms with Gasteiger partial charge in [-0.05, 0) is 31.5 Å². The van der Waals surface area contributed by atoms with Crippen LogP contribution in [0.15, 0.2) is 18.2 Å². The van der Waals surface area contributed by atoms with E-state index in [1.165, 1.54) is 0 Å². The number of anilines is 2. The van der Waals surface area contributed by atoms with Crippen molar-refractivity contribution >= 4 is 59.0 Å². The minimum Gasteiger partial charge on any atom is -0.362 e. The molecule has 142 valence electrons. The number of aromatic nitrogens is 2. The lowest BCUT2D eigenvalue weighted by Gasteiger charge is -2.28. The van der Waals surface area contributed by atoms with Crippen molar-refractivity contribution in [3.8, 4) is 0 Å². The summed E-state index contributed by atoms with van der Waals surface area (Å²) in [6.07, 6.45) is 0. The van der Waals surface area contributed by atoms with Crippen LogP contribution in [0.1, 0.15) is 24.2 Å². The Hall–Kier alpha value is -0.980. The van der Waals surface area contributed by atoms with E-state index in [0.29, 0.717) is 26.8 Å². The van der Waals surface area contributed by atoms with Crippen LogP contribution in [0.3, 0.4) is 0 Å². The first-order valence-electron chi connectivity index (χ1n) is 8.17. The Kier molecular flexibility index (Phi) is 7.62. The maximum Gasteiger partial charge on any atom is 0.227 e. The molecule has 3 rings (SSSR count). The van der Waals surface area contributed by atoms with Gasteiger partial charge in [0.2, 0.25) is 5.95 Å². The summed E-state index contributed by atoms with van der Waals surface area (Å²) in [7, 11) is 0. The first kappa shape index (κ1) is 21.3. The molecule has 1 fully saturated rings. The standard InChI is InChI=1S/C17H20Cl3N5.ClH/c1-10(13-4-3-12(18)9-14(13)19)22-16-15(20)11(2)23-17(24-16)25-7-5-21-6-8-25;/h3-4,9-10,21H,5-8H2,1-2H3,(H,22,23,24);1H/t10-;/m1./s1. The maximum absolute atomic E-state index is 6.43. The number of halogens is 4. The molecule has 2 N–H and O–H groups in total. The summed E-state index contributed by atoms with van der Waals surface area (Å²) in [6.45, 7) is 7.49. The second-order valence-corrected chi connectivity index (χ2v) is 7.26. The average molecular weight is 437 g/mol. The summed E-state index contributed by atoms with van der Waals surface area (Å²) in [5.74, 6) is 1.31. The van der Waals surface area contributed by atoms with Crippen molar-refractivity contribution in [2.45, 2.75) is 19.9 Å². The van der Waals surface area contributed by atoms with Gasteiger partial charge in [0.25, 0.3) is 0 Å². The highest BCUT2D eigenvalue weighted by atomic mass is 35.5. The highest BCUT2D eigenvalue weighted by Crippen LogP contribution is 2.32. The van der Waals surface area contributed by atoms with Crippen LogP contribution in [0.25, 0.3) is 0 Å². The van der Waals surface area contributed by atoms with E-state index in [-0.39, 0.29) is 18.4 Å². The maximum atomic E-state index is 6.43. The fourth-order valence-electron chi connectivity index (χ4n) is 2.78. The molecule has 2 aromatic rings. The van der Waals surface area contributed by atoms with Gasteiger partial charge in [-0.25, -0.2) is 4.98 Å². The summed E-state index contributed by atoms with van der Waals surface area (Å²) < 4.78 is 0. The first-order valence-corrected chi connectivity index (χ1v) is 9.30. The fourth-order valence-corrected chi connectivity index (χ4v) is 3.49. The quantitative estimate of drug-likeness (QED) is 0.724. The zero-order chi connectivity index (χ0) is 18.0. The van der Waals surface area contributed by atoms with Crippen molar-refractivity contribution in [3.05, 3.63) is 44.5 Å². The van der Waals surface area contributed by atoms with E-state index in [0.717, 1.165) is 37.4 Å². The Morgan fingerprint density at radius 2 is 1.85 bits per heavy atom. The average Bonchev–Trinajstić information content (AvgIpc) is 2.59. The van der Waals surface area contributed by atoms with Crippen LogP contribution >= 0.6 is 47.2 Å². The second kappa shape index (κ2) is 9.29. The number of rotatable bonds is 4. The highest BCUT2D eigenvalue weighted by Gasteiger charge is 2.19. The van der Waals surface area contributed by atoms with Crippen molar-refractivity contribution < 1.29 is 0 Å². The van der Waals surface area contributed by atoms with Gasteiger partial charge in [-0.3, -0.25) is 0 Å². The summed E-state index contributed by atoms with van der Waals surface area (Å²) in [5.41, 5.74) is 1.68. The molecule has 1 aliphatic heterocycles. The summed E-state index contributed by atoms with van der Waals surface area (Å²) >= 11 is 18.7. The van der Waals surface area contributed by atoms with Gasteiger partial charge in [-0.2, -0.15) is 4.98 Å². The van der Waals surface area contributed by atoms with E-state index in [2.05, 4.69) is 25.5 Å². The van der Waals surface area contributed by atoms with Gasteiger partial charge in [-0.1, -0.05) is 40.9 Å². The van der Waals surface area contributed by atoms with Crippen LogP contribution in [-0.4, -0.2) is 36.1 Å². The topological polar surface area (TPSA) is 53.1 Å². The van der Waals surface area contributed by atoms with Gasteiger partial charge in [0.1, 0.15) is 5.02 Å². The number of aryl methyl sites for hydroxylation is 1. The predicted molar refractivity (Wildman–Crippen MR) is 113 cm³/mol. The molecule has 0 aliphatic carbocycles. The molecule has 0 amide bonds. The Bertz CT molecular complexity index is 765. The van der Waals surface area contributed by atoms with E-state index in [1.54, 1.807) is 6.07 Å². The number of nitrogens with zero attached hydrogens (tertiary/aromatic N) is 3. The lowest BCUT2D eigenvalue weighted by molar-refractivity contribution is 0.579. The summed E-state index contributed by atoms with van der Waals surface area (Å²) in [4.78, 5) is 11.3. The largest absolute Gasteiger partial charge is 0.362 e. The van der Waals surface area contributed by atoms with Crippen LogP contribution in [0.5, 0.6) is 0 Å². The third-order valence-corrected chi connectivity index (χ3v) is 5.20. The molecule has 9 heteroatoms. The van der Waals surface area contributed by atoms with Gasteiger partial charge >= 0.3 is 0 Å². The Balaban J connectivity index is 0.00000243. The Morgan fingerprint density at radius 1 is 1.15 bits per heavy atom. The zero-order valence-corrected chi connectivity index (χ0v) is 17.6. The number of nitrogens with one attached hydrogen (secondary N) is 2. The first-order chi connectivity index (χ1) is 12.0. The molecule has 0 unspecified atom stereocenters. The molecule has 1 aromatic heterocycles. The third kappa shape index (κ3) is 4.84. The second-order valence-electron chi connectivity index (χ2n) is 6.04. The molecular formula is C17H21Cl4N5. The van der Waals surface area contributed by atoms with E-state index in [4.69, 9.17) is 34.8 Å². The lowest BCUT2D eigenvalue weighted by atomic mass is 10.1. The molecule has 0 saturated carbocycles. The molecule has 1 aromatic carbocycles. The molecule has 1 aliphatic rings. The van der Waals surface area contributed by atoms with E-state index in [1.807, 2.05) is 26.0 Å². The van der Waals surface area contributed by atoms with Crippen molar-refractivity contribution in [2.24, 2.45) is 0 Å². The lowest BCUT2D eigenvalue weighted by Crippen LogP contribution is -2.44. The minimum absolute atomic E-state index is 0. The van der Waals surface area contributed by atoms with Crippen LogP contribution in [0.2, 0.25) is 15.1 Å². The molecule has 0 radical (unpaired) electrons. The summed E-state index contributed by atoms with van der Waals surface area (Å²) in [5, 5.41) is 8.42. The van der Waals surface area contributed by atoms with E-state index < -0.39 is 0 Å². The normalized spacial score (nSPS) is 15.3. The van der Waals surface area contributed by atoms with Crippen LogP contribution in [0.4, 0.5) is 11.8 Å². The number of benzene rings is 1. The molecule has 1 saturated heterocycles. The molecule has 2 heterocycles. The van der Waals surface area contributed by atoms with Crippen LogP contribution in [0, 0.1) is 6.92 Å². The van der Waals surface area contributed by atoms with Crippen molar-refractivity contribution in [3.63, 3.8) is 0 Å². The molecule has 1 atom stereocenters. The molecule has 5 nitrogen and oxygen atoms in total. The summed E-state index contributed by atoms with van der Waals surface area (Å²) in [6, 6.07) is 5.38. The fraction of sp³-hybridized carbons (Fsp3) is 0.412. The number of piperazine rings is 1. The third-order valence-electron chi connectivity index (χ3n) is 4.19. The number of hydrogen-bond acceptors (Lipinski definition) is 5. The van der Waals surface area contributed by atoms with Crippen LogP contribution in [-0.2, 0) is 0 Å². The highest BCUT2D eigenvalue weighted by molar-refractivity contribution is 6.35. The molecule has 26 heavy (non-hydrogen) atoms. The van der Waals surface area contributed by atoms with E-state index in [9.17, 15) is 0 Å². The van der Waals surface area contributed by atoms with Crippen molar-refractivity contribution in [1.29, 1.82) is 0 Å². The van der Waals surface area contributed by atoms with Crippen molar-refractivity contribution in [1.82, 2.24) is 15.3 Å². The minimum atomic E-state index is -0.0764. The smallest absolute Gasteiger partial charge is 0.227 e. The SMILES string of the molecule is Cc1nc(N2CCNCC2)nc(N[C@H](C)c2ccc(Cl)cc2Cl)c1Cl.Cl. The van der Waals surface area contributed by atoms with Crippen molar-refractivity contribution in [2.75, 3.05) is 36.4 Å².